The molecule has 0 unspecified atom stereocenters. The van der Waals surface area contributed by atoms with E-state index in [4.69, 9.17) is 9.47 Å². The van der Waals surface area contributed by atoms with E-state index < -0.39 is 5.97 Å². The molecule has 0 radical (unpaired) electrons. The van der Waals surface area contributed by atoms with Crippen LogP contribution in [0.15, 0.2) is 36.5 Å². The van der Waals surface area contributed by atoms with Crippen molar-refractivity contribution < 1.29 is 19.1 Å². The summed E-state index contributed by atoms with van der Waals surface area (Å²) in [6.45, 7) is 7.35. The van der Waals surface area contributed by atoms with Crippen LogP contribution in [-0.2, 0) is 9.53 Å². The van der Waals surface area contributed by atoms with Gasteiger partial charge in [0.15, 0.2) is 12.4 Å². The summed E-state index contributed by atoms with van der Waals surface area (Å²) in [4.78, 5) is 26.4. The van der Waals surface area contributed by atoms with Gasteiger partial charge in [0.1, 0.15) is 0 Å². The Labute approximate surface area is 153 Å². The lowest BCUT2D eigenvalue weighted by Gasteiger charge is -2.30. The molecule has 1 aromatic carbocycles. The lowest BCUT2D eigenvalue weighted by Crippen LogP contribution is -2.44. The van der Waals surface area contributed by atoms with Crippen molar-refractivity contribution in [2.24, 2.45) is 0 Å². The number of aromatic nitrogens is 2. The minimum absolute atomic E-state index is 0.0213. The quantitative estimate of drug-likeness (QED) is 0.711. The van der Waals surface area contributed by atoms with Crippen LogP contribution in [0.2, 0.25) is 0 Å². The lowest BCUT2D eigenvalue weighted by atomic mass is 10.2. The Hall–Kier alpha value is -2.83. The van der Waals surface area contributed by atoms with Gasteiger partial charge >= 0.3 is 5.97 Å². The highest BCUT2D eigenvalue weighted by Gasteiger charge is 2.24. The van der Waals surface area contributed by atoms with E-state index in [1.54, 1.807) is 11.1 Å². The van der Waals surface area contributed by atoms with E-state index in [2.05, 4.69) is 5.10 Å². The van der Waals surface area contributed by atoms with Gasteiger partial charge < -0.3 is 14.4 Å². The molecule has 2 aromatic rings. The number of rotatable bonds is 7. The predicted molar refractivity (Wildman–Crippen MR) is 97.5 cm³/mol. The Bertz CT molecular complexity index is 745. The summed E-state index contributed by atoms with van der Waals surface area (Å²) in [5, 5.41) is 4.24. The fourth-order valence-electron chi connectivity index (χ4n) is 2.80. The number of benzene rings is 1. The highest BCUT2D eigenvalue weighted by molar-refractivity contribution is 5.92. The van der Waals surface area contributed by atoms with Gasteiger partial charge in [-0.15, -0.1) is 0 Å². The second-order valence-electron chi connectivity index (χ2n) is 6.39. The smallest absolute Gasteiger partial charge is 0.363 e. The third-order valence-electron chi connectivity index (χ3n) is 3.84. The van der Waals surface area contributed by atoms with Crippen molar-refractivity contribution in [3.8, 4) is 11.4 Å². The zero-order chi connectivity index (χ0) is 19.3. The molecule has 0 N–H and O–H groups in total. The van der Waals surface area contributed by atoms with Crippen LogP contribution >= 0.6 is 0 Å². The molecule has 0 fully saturated rings. The van der Waals surface area contributed by atoms with Gasteiger partial charge in [-0.2, -0.15) is 5.10 Å². The van der Waals surface area contributed by atoms with Crippen molar-refractivity contribution in [2.75, 3.05) is 13.7 Å². The molecule has 7 heteroatoms. The molecule has 2 rings (SSSR count). The average Bonchev–Trinajstić information content (AvgIpc) is 3.04. The van der Waals surface area contributed by atoms with Crippen LogP contribution in [0, 0.1) is 0 Å². The molecule has 0 atom stereocenters. The summed E-state index contributed by atoms with van der Waals surface area (Å²) >= 11 is 0. The Morgan fingerprint density at radius 1 is 1.12 bits per heavy atom. The molecule has 1 aromatic heterocycles. The van der Waals surface area contributed by atoms with Crippen LogP contribution in [0.25, 0.3) is 5.69 Å². The first kappa shape index (κ1) is 19.5. The SMILES string of the molecule is COc1cn(-c2ccccc2)nc1C(=O)OCC(=O)N(C(C)C)C(C)C. The van der Waals surface area contributed by atoms with Crippen molar-refractivity contribution in [3.05, 3.63) is 42.2 Å². The zero-order valence-electron chi connectivity index (χ0n) is 15.8. The minimum atomic E-state index is -0.697. The van der Waals surface area contributed by atoms with Gasteiger partial charge in [-0.25, -0.2) is 9.48 Å². The molecule has 1 amide bonds. The summed E-state index contributed by atoms with van der Waals surface area (Å²) in [5.74, 6) is -0.655. The molecule has 0 aliphatic heterocycles. The number of esters is 1. The van der Waals surface area contributed by atoms with Gasteiger partial charge in [0.05, 0.1) is 19.0 Å². The van der Waals surface area contributed by atoms with Gasteiger partial charge in [0.25, 0.3) is 5.91 Å². The lowest BCUT2D eigenvalue weighted by molar-refractivity contribution is -0.138. The monoisotopic (exact) mass is 359 g/mol. The van der Waals surface area contributed by atoms with Crippen LogP contribution in [0.5, 0.6) is 5.75 Å². The van der Waals surface area contributed by atoms with E-state index in [0.29, 0.717) is 0 Å². The number of hydrogen-bond donors (Lipinski definition) is 0. The van der Waals surface area contributed by atoms with Gasteiger partial charge in [-0.3, -0.25) is 4.79 Å². The molecule has 1 heterocycles. The molecule has 0 saturated heterocycles. The van der Waals surface area contributed by atoms with Crippen LogP contribution in [0.3, 0.4) is 0 Å². The van der Waals surface area contributed by atoms with Gasteiger partial charge in [-0.1, -0.05) is 18.2 Å². The van der Waals surface area contributed by atoms with Gasteiger partial charge in [0.2, 0.25) is 5.69 Å². The van der Waals surface area contributed by atoms with Crippen molar-refractivity contribution in [1.82, 2.24) is 14.7 Å². The third kappa shape index (κ3) is 4.41. The maximum atomic E-state index is 12.4. The van der Waals surface area contributed by atoms with Crippen LogP contribution in [0.4, 0.5) is 0 Å². The molecule has 140 valence electrons. The second kappa shape index (κ2) is 8.51. The molecular weight excluding hydrogens is 334 g/mol. The molecule has 0 aliphatic carbocycles. The van der Waals surface area contributed by atoms with E-state index in [1.165, 1.54) is 11.8 Å². The standard InChI is InChI=1S/C19H25N3O4/c1-13(2)22(14(3)4)17(23)12-26-19(24)18-16(25-5)11-21(20-18)15-9-7-6-8-10-15/h6-11,13-14H,12H2,1-5H3. The topological polar surface area (TPSA) is 73.7 Å². The number of para-hydroxylation sites is 1. The first-order valence-corrected chi connectivity index (χ1v) is 8.52. The summed E-state index contributed by atoms with van der Waals surface area (Å²) in [6.07, 6.45) is 1.60. The number of methoxy groups -OCH3 is 1. The number of hydrogen-bond acceptors (Lipinski definition) is 5. The van der Waals surface area contributed by atoms with E-state index in [9.17, 15) is 9.59 Å². The molecule has 7 nitrogen and oxygen atoms in total. The number of amides is 1. The summed E-state index contributed by atoms with van der Waals surface area (Å²) < 4.78 is 11.9. The maximum Gasteiger partial charge on any atom is 0.363 e. The van der Waals surface area contributed by atoms with E-state index in [1.807, 2.05) is 58.0 Å². The molecular formula is C19H25N3O4. The van der Waals surface area contributed by atoms with Crippen molar-refractivity contribution in [1.29, 1.82) is 0 Å². The van der Waals surface area contributed by atoms with E-state index in [-0.39, 0.29) is 36.0 Å². The Kier molecular flexibility index (Phi) is 6.38. The number of ether oxygens (including phenoxy) is 2. The van der Waals surface area contributed by atoms with Gasteiger partial charge in [-0.05, 0) is 39.8 Å². The number of nitrogens with zero attached hydrogens (tertiary/aromatic N) is 3. The fraction of sp³-hybridized carbons (Fsp3) is 0.421. The van der Waals surface area contributed by atoms with Crippen molar-refractivity contribution in [3.63, 3.8) is 0 Å². The Balaban J connectivity index is 2.12. The van der Waals surface area contributed by atoms with Crippen LogP contribution < -0.4 is 4.74 Å². The van der Waals surface area contributed by atoms with Crippen LogP contribution in [-0.4, -0.2) is 52.4 Å². The average molecular weight is 359 g/mol. The Morgan fingerprint density at radius 3 is 2.27 bits per heavy atom. The molecule has 0 bridgehead atoms. The first-order valence-electron chi connectivity index (χ1n) is 8.52. The highest BCUT2D eigenvalue weighted by atomic mass is 16.5. The minimum Gasteiger partial charge on any atom is -0.493 e. The molecule has 26 heavy (non-hydrogen) atoms. The summed E-state index contributed by atoms with van der Waals surface area (Å²) in [5.41, 5.74) is 0.816. The van der Waals surface area contributed by atoms with Crippen LogP contribution in [0.1, 0.15) is 38.2 Å². The highest BCUT2D eigenvalue weighted by Crippen LogP contribution is 2.20. The number of carbonyl (C=O) groups is 2. The summed E-state index contributed by atoms with van der Waals surface area (Å²) in [6, 6.07) is 9.38. The maximum absolute atomic E-state index is 12.4. The fourth-order valence-corrected chi connectivity index (χ4v) is 2.80. The zero-order valence-corrected chi connectivity index (χ0v) is 15.8. The molecule has 0 spiro atoms. The molecule has 0 saturated carbocycles. The summed E-state index contributed by atoms with van der Waals surface area (Å²) in [7, 11) is 1.45. The third-order valence-corrected chi connectivity index (χ3v) is 3.84. The molecule has 0 aliphatic rings. The van der Waals surface area contributed by atoms with Crippen molar-refractivity contribution >= 4 is 11.9 Å². The van der Waals surface area contributed by atoms with E-state index in [0.717, 1.165) is 5.69 Å². The van der Waals surface area contributed by atoms with E-state index >= 15 is 0 Å². The normalized spacial score (nSPS) is 10.9. The predicted octanol–water partition coefficient (Wildman–Crippen LogP) is 2.68. The Morgan fingerprint density at radius 2 is 1.73 bits per heavy atom. The van der Waals surface area contributed by atoms with Crippen molar-refractivity contribution in [2.45, 2.75) is 39.8 Å². The largest absolute Gasteiger partial charge is 0.493 e. The van der Waals surface area contributed by atoms with Gasteiger partial charge in [0, 0.05) is 12.1 Å². The first-order chi connectivity index (χ1) is 12.3. The second-order valence-corrected chi connectivity index (χ2v) is 6.39. The number of carbonyl (C=O) groups excluding carboxylic acids is 2.